The Labute approximate surface area is 95.6 Å². The van der Waals surface area contributed by atoms with Gasteiger partial charge in [-0.1, -0.05) is 12.2 Å². The molecule has 0 bridgehead atoms. The molecule has 1 atom stereocenters. The maximum Gasteiger partial charge on any atom is 0.119 e. The van der Waals surface area contributed by atoms with E-state index in [1.165, 1.54) is 0 Å². The number of nitrogens with one attached hydrogen (secondary N) is 1. The molecular weight excluding hydrogens is 208 g/mol. The zero-order chi connectivity index (χ0) is 11.3. The van der Waals surface area contributed by atoms with E-state index in [1.54, 1.807) is 7.11 Å². The number of anilines is 1. The number of methoxy groups -OCH3 is 1. The lowest BCUT2D eigenvalue weighted by Gasteiger charge is -2.14. The average molecular weight is 224 g/mol. The third-order valence-electron chi connectivity index (χ3n) is 2.01. The molecule has 0 aromatic heterocycles. The monoisotopic (exact) mass is 224 g/mol. The molecule has 1 unspecified atom stereocenters. The number of hydrogen-bond acceptors (Lipinski definition) is 3. The zero-order valence-corrected chi connectivity index (χ0v) is 9.80. The fraction of sp³-hybridized carbons (Fsp3) is 0.364. The lowest BCUT2D eigenvalue weighted by Crippen LogP contribution is -2.22. The highest BCUT2D eigenvalue weighted by atomic mass is 32.1. The van der Waals surface area contributed by atoms with E-state index < -0.39 is 0 Å². The zero-order valence-electron chi connectivity index (χ0n) is 8.99. The largest absolute Gasteiger partial charge is 0.497 e. The van der Waals surface area contributed by atoms with Gasteiger partial charge in [0.25, 0.3) is 0 Å². The number of benzene rings is 1. The molecule has 0 spiro atoms. The first-order valence-electron chi connectivity index (χ1n) is 4.80. The summed E-state index contributed by atoms with van der Waals surface area (Å²) < 4.78 is 5.07. The fourth-order valence-corrected chi connectivity index (χ4v) is 1.57. The summed E-state index contributed by atoms with van der Waals surface area (Å²) in [6, 6.07) is 8.01. The van der Waals surface area contributed by atoms with Crippen LogP contribution in [0.3, 0.4) is 0 Å². The number of nitrogens with two attached hydrogens (primary N) is 1. The molecule has 15 heavy (non-hydrogen) atoms. The summed E-state index contributed by atoms with van der Waals surface area (Å²) in [7, 11) is 1.65. The van der Waals surface area contributed by atoms with Crippen LogP contribution in [-0.4, -0.2) is 18.1 Å². The van der Waals surface area contributed by atoms with Gasteiger partial charge in [-0.3, -0.25) is 0 Å². The van der Waals surface area contributed by atoms with Crippen molar-refractivity contribution >= 4 is 22.9 Å². The summed E-state index contributed by atoms with van der Waals surface area (Å²) in [6.45, 7) is 2.05. The van der Waals surface area contributed by atoms with Crippen molar-refractivity contribution in [2.75, 3.05) is 12.4 Å². The molecule has 0 aliphatic heterocycles. The molecule has 0 aliphatic rings. The highest BCUT2D eigenvalue weighted by molar-refractivity contribution is 7.80. The van der Waals surface area contributed by atoms with Crippen molar-refractivity contribution in [1.82, 2.24) is 0 Å². The number of rotatable bonds is 5. The molecule has 0 radical (unpaired) electrons. The van der Waals surface area contributed by atoms with Gasteiger partial charge >= 0.3 is 0 Å². The minimum Gasteiger partial charge on any atom is -0.497 e. The van der Waals surface area contributed by atoms with Gasteiger partial charge in [-0.2, -0.15) is 0 Å². The van der Waals surface area contributed by atoms with Crippen molar-refractivity contribution in [3.05, 3.63) is 24.3 Å². The molecule has 0 aliphatic carbocycles. The first-order chi connectivity index (χ1) is 7.11. The lowest BCUT2D eigenvalue weighted by molar-refractivity contribution is 0.415. The Morgan fingerprint density at radius 3 is 2.53 bits per heavy atom. The Bertz CT molecular complexity index is 324. The summed E-state index contributed by atoms with van der Waals surface area (Å²) in [6.07, 6.45) is 0.696. The van der Waals surface area contributed by atoms with E-state index in [2.05, 4.69) is 5.32 Å². The normalized spacial score (nSPS) is 11.9. The van der Waals surface area contributed by atoms with Gasteiger partial charge in [0.2, 0.25) is 0 Å². The van der Waals surface area contributed by atoms with Crippen LogP contribution in [0.1, 0.15) is 13.3 Å². The molecule has 1 aromatic carbocycles. The first kappa shape index (κ1) is 11.8. The van der Waals surface area contributed by atoms with E-state index in [4.69, 9.17) is 22.7 Å². The predicted octanol–water partition coefficient (Wildman–Crippen LogP) is 2.17. The molecule has 0 saturated heterocycles. The fourth-order valence-electron chi connectivity index (χ4n) is 1.32. The topological polar surface area (TPSA) is 47.3 Å². The van der Waals surface area contributed by atoms with Crippen LogP contribution in [0, 0.1) is 0 Å². The van der Waals surface area contributed by atoms with E-state index in [-0.39, 0.29) is 6.04 Å². The Kier molecular flexibility index (Phi) is 4.37. The van der Waals surface area contributed by atoms with E-state index >= 15 is 0 Å². The third kappa shape index (κ3) is 4.16. The summed E-state index contributed by atoms with van der Waals surface area (Å²) in [5.74, 6) is 0.850. The van der Waals surface area contributed by atoms with Gasteiger partial charge in [0.05, 0.1) is 12.1 Å². The summed E-state index contributed by atoms with van der Waals surface area (Å²) >= 11 is 4.85. The van der Waals surface area contributed by atoms with E-state index in [0.717, 1.165) is 11.4 Å². The van der Waals surface area contributed by atoms with Crippen LogP contribution in [0.25, 0.3) is 0 Å². The maximum absolute atomic E-state index is 5.46. The highest BCUT2D eigenvalue weighted by Crippen LogP contribution is 2.16. The highest BCUT2D eigenvalue weighted by Gasteiger charge is 2.03. The van der Waals surface area contributed by atoms with Gasteiger partial charge in [-0.25, -0.2) is 0 Å². The Morgan fingerprint density at radius 1 is 1.47 bits per heavy atom. The van der Waals surface area contributed by atoms with Crippen LogP contribution in [-0.2, 0) is 0 Å². The van der Waals surface area contributed by atoms with Crippen LogP contribution >= 0.6 is 12.2 Å². The summed E-state index contributed by atoms with van der Waals surface area (Å²) in [5.41, 5.74) is 6.51. The van der Waals surface area contributed by atoms with Crippen molar-refractivity contribution in [3.63, 3.8) is 0 Å². The molecule has 0 amide bonds. The summed E-state index contributed by atoms with van der Waals surface area (Å²) in [5, 5.41) is 3.30. The van der Waals surface area contributed by atoms with Crippen molar-refractivity contribution in [1.29, 1.82) is 0 Å². The smallest absolute Gasteiger partial charge is 0.119 e. The van der Waals surface area contributed by atoms with E-state index in [1.807, 2.05) is 31.2 Å². The van der Waals surface area contributed by atoms with Gasteiger partial charge in [0.1, 0.15) is 5.75 Å². The van der Waals surface area contributed by atoms with Crippen LogP contribution in [0.5, 0.6) is 5.75 Å². The third-order valence-corrected chi connectivity index (χ3v) is 2.18. The van der Waals surface area contributed by atoms with Crippen molar-refractivity contribution in [3.8, 4) is 5.75 Å². The second-order valence-electron chi connectivity index (χ2n) is 3.44. The van der Waals surface area contributed by atoms with Gasteiger partial charge in [-0.05, 0) is 31.2 Å². The Hall–Kier alpha value is -1.29. The minimum absolute atomic E-state index is 0.246. The molecule has 3 nitrogen and oxygen atoms in total. The predicted molar refractivity (Wildman–Crippen MR) is 67.5 cm³/mol. The SMILES string of the molecule is COc1ccc(NC(C)CC(N)=S)cc1. The van der Waals surface area contributed by atoms with E-state index in [0.29, 0.717) is 11.4 Å². The standard InChI is InChI=1S/C11H16N2OS/c1-8(7-11(12)15)13-9-3-5-10(14-2)6-4-9/h3-6,8,13H,7H2,1-2H3,(H2,12,15). The maximum atomic E-state index is 5.46. The summed E-state index contributed by atoms with van der Waals surface area (Å²) in [4.78, 5) is 0.531. The second kappa shape index (κ2) is 5.56. The van der Waals surface area contributed by atoms with Gasteiger partial charge in [-0.15, -0.1) is 0 Å². The van der Waals surface area contributed by atoms with Crippen LogP contribution in [0.2, 0.25) is 0 Å². The number of hydrogen-bond donors (Lipinski definition) is 2. The molecular formula is C11H16N2OS. The van der Waals surface area contributed by atoms with Crippen molar-refractivity contribution in [2.24, 2.45) is 5.73 Å². The van der Waals surface area contributed by atoms with Crippen LogP contribution < -0.4 is 15.8 Å². The van der Waals surface area contributed by atoms with Crippen LogP contribution in [0.15, 0.2) is 24.3 Å². The molecule has 1 aromatic rings. The molecule has 3 N–H and O–H groups in total. The van der Waals surface area contributed by atoms with Gasteiger partial charge < -0.3 is 15.8 Å². The molecule has 82 valence electrons. The van der Waals surface area contributed by atoms with Crippen molar-refractivity contribution in [2.45, 2.75) is 19.4 Å². The lowest BCUT2D eigenvalue weighted by atomic mass is 10.2. The first-order valence-corrected chi connectivity index (χ1v) is 5.21. The van der Waals surface area contributed by atoms with Gasteiger partial charge in [0, 0.05) is 18.2 Å². The van der Waals surface area contributed by atoms with Crippen LogP contribution in [0.4, 0.5) is 5.69 Å². The molecule has 4 heteroatoms. The average Bonchev–Trinajstić information content (AvgIpc) is 2.17. The number of thiocarbonyl (C=S) groups is 1. The number of ether oxygens (including phenoxy) is 1. The Morgan fingerprint density at radius 2 is 2.07 bits per heavy atom. The molecule has 1 rings (SSSR count). The molecule has 0 heterocycles. The molecule has 0 fully saturated rings. The second-order valence-corrected chi connectivity index (χ2v) is 3.97. The quantitative estimate of drug-likeness (QED) is 0.753. The Balaban J connectivity index is 2.53. The van der Waals surface area contributed by atoms with Gasteiger partial charge in [0.15, 0.2) is 0 Å². The van der Waals surface area contributed by atoms with E-state index in [9.17, 15) is 0 Å². The minimum atomic E-state index is 0.246. The van der Waals surface area contributed by atoms with Crippen molar-refractivity contribution < 1.29 is 4.74 Å². The molecule has 0 saturated carbocycles.